The highest BCUT2D eigenvalue weighted by Gasteiger charge is 2.27. The van der Waals surface area contributed by atoms with E-state index in [1.54, 1.807) is 17.5 Å². The fourth-order valence-electron chi connectivity index (χ4n) is 4.30. The molecule has 1 aromatic carbocycles. The molecule has 1 aliphatic rings. The van der Waals surface area contributed by atoms with Gasteiger partial charge in [-0.15, -0.1) is 10.2 Å². The molecule has 7 heteroatoms. The van der Waals surface area contributed by atoms with Crippen molar-refractivity contribution >= 4 is 28.0 Å². The van der Waals surface area contributed by atoms with Crippen LogP contribution in [-0.4, -0.2) is 27.6 Å². The van der Waals surface area contributed by atoms with Crippen molar-refractivity contribution in [3.05, 3.63) is 64.8 Å². The van der Waals surface area contributed by atoms with Gasteiger partial charge in [0.15, 0.2) is 0 Å². The molecular weight excluding hydrogens is 408 g/mol. The van der Waals surface area contributed by atoms with E-state index < -0.39 is 0 Å². The summed E-state index contributed by atoms with van der Waals surface area (Å²) >= 11 is 1.62. The molecule has 1 saturated carbocycles. The lowest BCUT2D eigenvalue weighted by Crippen LogP contribution is -2.32. The zero-order valence-corrected chi connectivity index (χ0v) is 18.0. The lowest BCUT2D eigenvalue weighted by atomic mass is 9.82. The summed E-state index contributed by atoms with van der Waals surface area (Å²) in [4.78, 5) is 16.6. The van der Waals surface area contributed by atoms with Gasteiger partial charge in [-0.1, -0.05) is 24.3 Å². The van der Waals surface area contributed by atoms with Crippen LogP contribution in [0.5, 0.6) is 0 Å². The number of aromatic nitrogens is 3. The van der Waals surface area contributed by atoms with Gasteiger partial charge in [-0.2, -0.15) is 11.3 Å². The normalized spacial score (nSPS) is 18.8. The molecular formula is C24H24N4O2S. The molecule has 0 saturated heterocycles. The number of hydrogen-bond acceptors (Lipinski definition) is 6. The number of carbonyl (C=O) groups excluding carboxylic acids is 1. The fraction of sp³-hybridized carbons (Fsp3) is 0.333. The Labute approximate surface area is 184 Å². The summed E-state index contributed by atoms with van der Waals surface area (Å²) < 4.78 is 6.06. The molecule has 1 aliphatic carbocycles. The summed E-state index contributed by atoms with van der Waals surface area (Å²) in [6.07, 6.45) is 6.33. The average Bonchev–Trinajstić information content (AvgIpc) is 3.50. The Hall–Kier alpha value is -3.06. The van der Waals surface area contributed by atoms with E-state index >= 15 is 0 Å². The third kappa shape index (κ3) is 4.51. The monoisotopic (exact) mass is 432 g/mol. The molecule has 31 heavy (non-hydrogen) atoms. The maximum atomic E-state index is 12.1. The van der Waals surface area contributed by atoms with Gasteiger partial charge in [-0.25, -0.2) is 0 Å². The molecule has 0 aliphatic heterocycles. The maximum Gasteiger partial charge on any atom is 0.266 e. The summed E-state index contributed by atoms with van der Waals surface area (Å²) in [7, 11) is 0. The lowest BCUT2D eigenvalue weighted by Gasteiger charge is -2.26. The van der Waals surface area contributed by atoms with Crippen molar-refractivity contribution in [1.29, 1.82) is 0 Å². The van der Waals surface area contributed by atoms with Gasteiger partial charge >= 0.3 is 0 Å². The van der Waals surface area contributed by atoms with Crippen molar-refractivity contribution in [2.45, 2.75) is 38.0 Å². The first-order valence-electron chi connectivity index (χ1n) is 10.7. The quantitative estimate of drug-likeness (QED) is 0.465. The van der Waals surface area contributed by atoms with E-state index in [0.29, 0.717) is 24.1 Å². The Bertz CT molecular complexity index is 1160. The van der Waals surface area contributed by atoms with Crippen LogP contribution in [0.3, 0.4) is 0 Å². The smallest absolute Gasteiger partial charge is 0.266 e. The second kappa shape index (κ2) is 8.98. The lowest BCUT2D eigenvalue weighted by molar-refractivity contribution is -0.120. The Balaban J connectivity index is 1.17. The Morgan fingerprint density at radius 1 is 1.10 bits per heavy atom. The van der Waals surface area contributed by atoms with Crippen molar-refractivity contribution in [2.24, 2.45) is 5.92 Å². The predicted molar refractivity (Wildman–Crippen MR) is 121 cm³/mol. The second-order valence-electron chi connectivity index (χ2n) is 8.16. The van der Waals surface area contributed by atoms with Crippen LogP contribution >= 0.6 is 11.3 Å². The van der Waals surface area contributed by atoms with Crippen molar-refractivity contribution in [3.63, 3.8) is 0 Å². The number of nitrogens with zero attached hydrogens (tertiary/aromatic N) is 3. The zero-order chi connectivity index (χ0) is 21.0. The van der Waals surface area contributed by atoms with Gasteiger partial charge in [0.05, 0.1) is 6.42 Å². The highest BCUT2D eigenvalue weighted by Crippen LogP contribution is 2.36. The third-order valence-corrected chi connectivity index (χ3v) is 6.78. The van der Waals surface area contributed by atoms with Crippen molar-refractivity contribution < 1.29 is 9.21 Å². The number of hydrogen-bond donors (Lipinski definition) is 1. The SMILES string of the molecule is O=C(Cc1ccsc1)NCC1CCC(c2nnc(-c3nccc4ccccc34)o2)CC1. The van der Waals surface area contributed by atoms with E-state index in [1.165, 1.54) is 0 Å². The number of nitrogens with one attached hydrogen (secondary N) is 1. The minimum absolute atomic E-state index is 0.102. The minimum Gasteiger partial charge on any atom is -0.419 e. The van der Waals surface area contributed by atoms with Crippen LogP contribution in [-0.2, 0) is 11.2 Å². The first kappa shape index (κ1) is 19.9. The number of carbonyl (C=O) groups is 1. The van der Waals surface area contributed by atoms with Crippen molar-refractivity contribution in [1.82, 2.24) is 20.5 Å². The van der Waals surface area contributed by atoms with Crippen LogP contribution in [0.1, 0.15) is 43.1 Å². The molecule has 1 N–H and O–H groups in total. The molecule has 0 radical (unpaired) electrons. The third-order valence-electron chi connectivity index (χ3n) is 6.05. The number of pyridine rings is 1. The maximum absolute atomic E-state index is 12.1. The zero-order valence-electron chi connectivity index (χ0n) is 17.2. The second-order valence-corrected chi connectivity index (χ2v) is 8.94. The minimum atomic E-state index is 0.102. The standard InChI is InChI=1S/C24H24N4O2S/c29-21(13-17-10-12-31-15-17)26-14-16-5-7-19(8-6-16)23-27-28-24(30-23)22-20-4-2-1-3-18(20)9-11-25-22/h1-4,9-12,15-16,19H,5-8,13-14H2,(H,26,29). The van der Waals surface area contributed by atoms with Gasteiger partial charge < -0.3 is 9.73 Å². The van der Waals surface area contributed by atoms with Gasteiger partial charge in [-0.3, -0.25) is 9.78 Å². The van der Waals surface area contributed by atoms with Gasteiger partial charge in [-0.05, 0) is 65.4 Å². The van der Waals surface area contributed by atoms with Crippen LogP contribution in [0.2, 0.25) is 0 Å². The summed E-state index contributed by atoms with van der Waals surface area (Å²) in [6.45, 7) is 0.741. The van der Waals surface area contributed by atoms with Crippen LogP contribution in [0.15, 0.2) is 57.8 Å². The van der Waals surface area contributed by atoms with Crippen molar-refractivity contribution in [2.75, 3.05) is 6.54 Å². The summed E-state index contributed by atoms with van der Waals surface area (Å²) in [6, 6.07) is 12.1. The summed E-state index contributed by atoms with van der Waals surface area (Å²) in [5, 5.41) is 17.9. The van der Waals surface area contributed by atoms with E-state index in [2.05, 4.69) is 26.6 Å². The number of benzene rings is 1. The molecule has 1 amide bonds. The Morgan fingerprint density at radius 2 is 1.97 bits per heavy atom. The number of amides is 1. The van der Waals surface area contributed by atoms with Crippen LogP contribution < -0.4 is 5.32 Å². The molecule has 0 spiro atoms. The van der Waals surface area contributed by atoms with E-state index in [0.717, 1.165) is 54.3 Å². The number of fused-ring (bicyclic) bond motifs is 1. The molecule has 0 bridgehead atoms. The highest BCUT2D eigenvalue weighted by atomic mass is 32.1. The summed E-state index contributed by atoms with van der Waals surface area (Å²) in [5.41, 5.74) is 1.82. The molecule has 0 unspecified atom stereocenters. The van der Waals surface area contributed by atoms with Gasteiger partial charge in [0, 0.05) is 24.0 Å². The molecule has 3 heterocycles. The van der Waals surface area contributed by atoms with Crippen LogP contribution in [0.25, 0.3) is 22.4 Å². The molecule has 3 aromatic heterocycles. The average molecular weight is 433 g/mol. The molecule has 1 fully saturated rings. The first-order valence-corrected chi connectivity index (χ1v) is 11.7. The summed E-state index contributed by atoms with van der Waals surface area (Å²) in [5.74, 6) is 2.06. The molecule has 0 atom stereocenters. The highest BCUT2D eigenvalue weighted by molar-refractivity contribution is 7.08. The Kier molecular flexibility index (Phi) is 5.76. The molecule has 5 rings (SSSR count). The number of thiophene rings is 1. The van der Waals surface area contributed by atoms with Crippen molar-refractivity contribution in [3.8, 4) is 11.6 Å². The first-order chi connectivity index (χ1) is 15.3. The number of rotatable bonds is 6. The van der Waals surface area contributed by atoms with E-state index in [-0.39, 0.29) is 11.8 Å². The fourth-order valence-corrected chi connectivity index (χ4v) is 4.97. The topological polar surface area (TPSA) is 80.9 Å². The Morgan fingerprint density at radius 3 is 2.81 bits per heavy atom. The molecule has 6 nitrogen and oxygen atoms in total. The van der Waals surface area contributed by atoms with E-state index in [9.17, 15) is 4.79 Å². The van der Waals surface area contributed by atoms with E-state index in [4.69, 9.17) is 4.42 Å². The molecule has 158 valence electrons. The molecule has 4 aromatic rings. The van der Waals surface area contributed by atoms with Gasteiger partial charge in [0.25, 0.3) is 5.89 Å². The van der Waals surface area contributed by atoms with E-state index in [1.807, 2.05) is 41.1 Å². The van der Waals surface area contributed by atoms with Crippen LogP contribution in [0, 0.1) is 5.92 Å². The van der Waals surface area contributed by atoms with Crippen LogP contribution in [0.4, 0.5) is 0 Å². The largest absolute Gasteiger partial charge is 0.419 e. The van der Waals surface area contributed by atoms with Gasteiger partial charge in [0.1, 0.15) is 5.69 Å². The predicted octanol–water partition coefficient (Wildman–Crippen LogP) is 4.98. The van der Waals surface area contributed by atoms with Gasteiger partial charge in [0.2, 0.25) is 11.8 Å².